The van der Waals surface area contributed by atoms with Gasteiger partial charge < -0.3 is 0 Å². The molecule has 0 aliphatic rings. The maximum Gasteiger partial charge on any atom is 0.439 e. The fourth-order valence-electron chi connectivity index (χ4n) is 0.511. The molecule has 0 N–H and O–H groups in total. The molecule has 0 saturated carbocycles. The van der Waals surface area contributed by atoms with Gasteiger partial charge in [-0.15, -0.1) is 0 Å². The maximum absolute atomic E-state index is 13.1. The Kier molecular flexibility index (Phi) is 5.29. The van der Waals surface area contributed by atoms with Crippen LogP contribution in [-0.4, -0.2) is 26.5 Å². The molecule has 0 aliphatic heterocycles. The molecule has 0 rings (SSSR count). The predicted octanol–water partition coefficient (Wildman–Crippen LogP) is 5.30. The minimum Gasteiger partial charge on any atom is -0.291 e. The van der Waals surface area contributed by atoms with Crippen molar-refractivity contribution in [3.8, 4) is 0 Å². The molecule has 0 fully saturated rings. The van der Waals surface area contributed by atoms with Crippen LogP contribution in [-0.2, 0) is 4.74 Å². The Morgan fingerprint density at radius 1 is 0.667 bits per heavy atom. The summed E-state index contributed by atoms with van der Waals surface area (Å²) in [6, 6.07) is 0. The van der Waals surface area contributed by atoms with E-state index in [9.17, 15) is 30.7 Å². The highest BCUT2D eigenvalue weighted by Crippen LogP contribution is 2.55. The van der Waals surface area contributed by atoms with E-state index in [0.717, 1.165) is 0 Å². The minimum absolute atomic E-state index is 2.94. The third-order valence-electron chi connectivity index (χ3n) is 1.33. The van der Waals surface area contributed by atoms with Crippen molar-refractivity contribution in [2.75, 3.05) is 0 Å². The number of alkyl halides is 12. The van der Waals surface area contributed by atoms with E-state index < -0.39 is 26.5 Å². The molecule has 0 saturated heterocycles. The van der Waals surface area contributed by atoms with Gasteiger partial charge in [0.2, 0.25) is 0 Å². The Morgan fingerprint density at radius 2 is 1.00 bits per heavy atom. The summed E-state index contributed by atoms with van der Waals surface area (Å²) in [5, 5.41) is -15.3. The summed E-state index contributed by atoms with van der Waals surface area (Å²) in [5.41, 5.74) is 0. The molecule has 18 heavy (non-hydrogen) atoms. The first-order valence-corrected chi connectivity index (χ1v) is 5.32. The van der Waals surface area contributed by atoms with Gasteiger partial charge in [-0.3, -0.25) is 4.74 Å². The summed E-state index contributed by atoms with van der Waals surface area (Å²) in [6.07, 6.45) is -6.13. The van der Waals surface area contributed by atoms with E-state index in [1.165, 1.54) is 0 Å². The molecule has 0 radical (unpaired) electrons. The lowest BCUT2D eigenvalue weighted by atomic mass is 10.3. The van der Waals surface area contributed by atoms with Gasteiger partial charge in [-0.1, -0.05) is 34.8 Å². The third-order valence-corrected chi connectivity index (χ3v) is 3.24. The van der Waals surface area contributed by atoms with Crippen LogP contribution in [0.1, 0.15) is 0 Å². The van der Waals surface area contributed by atoms with Crippen molar-refractivity contribution in [3.05, 3.63) is 0 Å². The molecule has 13 heteroatoms. The highest BCUT2D eigenvalue weighted by Gasteiger charge is 2.75. The molecule has 0 aliphatic carbocycles. The minimum atomic E-state index is -6.13. The number of ether oxygens (including phenoxy) is 1. The van der Waals surface area contributed by atoms with E-state index in [-0.39, 0.29) is 0 Å². The van der Waals surface area contributed by atoms with Gasteiger partial charge in [0.05, 0.1) is 0 Å². The molecule has 0 aromatic rings. The Bertz CT molecular complexity index is 291. The second-order valence-corrected chi connectivity index (χ2v) is 5.44. The van der Waals surface area contributed by atoms with Crippen molar-refractivity contribution in [1.82, 2.24) is 0 Å². The smallest absolute Gasteiger partial charge is 0.291 e. The predicted molar refractivity (Wildman–Crippen MR) is 51.8 cm³/mol. The van der Waals surface area contributed by atoms with Crippen LogP contribution in [0.25, 0.3) is 0 Å². The SMILES string of the molecule is FC(F)(F)C(Cl)(OC(F)(Cl)C(F)(Cl)Cl)C(F)(F)Cl. The van der Waals surface area contributed by atoms with E-state index in [1.54, 1.807) is 0 Å². The van der Waals surface area contributed by atoms with Gasteiger partial charge in [0.1, 0.15) is 0 Å². The molecule has 0 aromatic heterocycles. The molecule has 2 atom stereocenters. The Labute approximate surface area is 120 Å². The van der Waals surface area contributed by atoms with Gasteiger partial charge in [-0.05, 0) is 23.2 Å². The van der Waals surface area contributed by atoms with Crippen LogP contribution in [0.15, 0.2) is 0 Å². The first-order valence-electron chi connectivity index (χ1n) is 3.43. The Hall–Kier alpha value is 0.920. The van der Waals surface area contributed by atoms with E-state index in [4.69, 9.17) is 0 Å². The molecule has 0 aromatic carbocycles. The van der Waals surface area contributed by atoms with Crippen LogP contribution in [0.3, 0.4) is 0 Å². The van der Waals surface area contributed by atoms with E-state index in [1.807, 2.05) is 0 Å². The maximum atomic E-state index is 13.1. The van der Waals surface area contributed by atoms with Gasteiger partial charge in [-0.25, -0.2) is 0 Å². The largest absolute Gasteiger partial charge is 0.439 e. The molecular weight excluding hydrogens is 386 g/mol. The first-order chi connectivity index (χ1) is 7.46. The van der Waals surface area contributed by atoms with Crippen LogP contribution in [0.2, 0.25) is 0 Å². The average Bonchev–Trinajstić information content (AvgIpc) is 1.95. The lowest BCUT2D eigenvalue weighted by Gasteiger charge is -2.37. The van der Waals surface area contributed by atoms with Gasteiger partial charge in [-0.2, -0.15) is 30.7 Å². The number of halogens is 12. The van der Waals surface area contributed by atoms with Crippen molar-refractivity contribution in [3.63, 3.8) is 0 Å². The highest BCUT2D eigenvalue weighted by atomic mass is 35.5. The average molecular weight is 386 g/mol. The second-order valence-electron chi connectivity index (χ2n) is 2.71. The molecular formula is C5Cl5F7O. The van der Waals surface area contributed by atoms with Crippen LogP contribution in [0.5, 0.6) is 0 Å². The van der Waals surface area contributed by atoms with Gasteiger partial charge in [0.25, 0.3) is 0 Å². The summed E-state index contributed by atoms with van der Waals surface area (Å²) in [5.74, 6) is 0. The highest BCUT2D eigenvalue weighted by molar-refractivity contribution is 6.51. The Morgan fingerprint density at radius 3 is 1.17 bits per heavy atom. The number of rotatable bonds is 4. The zero-order valence-corrected chi connectivity index (χ0v) is 11.2. The second kappa shape index (κ2) is 5.04. The molecule has 1 nitrogen and oxygen atoms in total. The van der Waals surface area contributed by atoms with Crippen LogP contribution >= 0.6 is 58.0 Å². The van der Waals surface area contributed by atoms with E-state index in [0.29, 0.717) is 0 Å². The molecule has 2 unspecified atom stereocenters. The first kappa shape index (κ1) is 18.9. The van der Waals surface area contributed by atoms with Crippen LogP contribution in [0.4, 0.5) is 30.7 Å². The van der Waals surface area contributed by atoms with Crippen molar-refractivity contribution >= 4 is 58.0 Å². The number of hydrogen-bond donors (Lipinski definition) is 0. The van der Waals surface area contributed by atoms with Crippen molar-refractivity contribution in [2.24, 2.45) is 0 Å². The molecule has 110 valence electrons. The summed E-state index contributed by atoms with van der Waals surface area (Å²) >= 11 is 21.6. The molecule has 0 heterocycles. The van der Waals surface area contributed by atoms with Crippen molar-refractivity contribution in [1.29, 1.82) is 0 Å². The summed E-state index contributed by atoms with van der Waals surface area (Å²) in [7, 11) is 0. The van der Waals surface area contributed by atoms with E-state index in [2.05, 4.69) is 62.7 Å². The zero-order chi connectivity index (χ0) is 15.2. The van der Waals surface area contributed by atoms with Crippen LogP contribution in [0, 0.1) is 0 Å². The topological polar surface area (TPSA) is 9.23 Å². The van der Waals surface area contributed by atoms with Gasteiger partial charge in [0.15, 0.2) is 0 Å². The lowest BCUT2D eigenvalue weighted by molar-refractivity contribution is -0.327. The van der Waals surface area contributed by atoms with Crippen molar-refractivity contribution < 1.29 is 35.5 Å². The van der Waals surface area contributed by atoms with Crippen LogP contribution < -0.4 is 0 Å². The fraction of sp³-hybridized carbons (Fsp3) is 1.00. The Balaban J connectivity index is 5.58. The quantitative estimate of drug-likeness (QED) is 0.471. The van der Waals surface area contributed by atoms with Gasteiger partial charge >= 0.3 is 26.5 Å². The standard InChI is InChI=1S/C5Cl5F7O/c6-1(3(9,12)13,5(15,16)17)18-4(10,14)2(7,8)11. The lowest BCUT2D eigenvalue weighted by Crippen LogP contribution is -2.58. The zero-order valence-electron chi connectivity index (χ0n) is 7.44. The molecule has 0 bridgehead atoms. The number of hydrogen-bond acceptors (Lipinski definition) is 1. The summed E-state index contributed by atoms with van der Waals surface area (Å²) < 4.78 is 86.2. The molecule has 0 spiro atoms. The molecule has 0 amide bonds. The monoisotopic (exact) mass is 384 g/mol. The third kappa shape index (κ3) is 3.73. The van der Waals surface area contributed by atoms with E-state index >= 15 is 0 Å². The summed E-state index contributed by atoms with van der Waals surface area (Å²) in [6.45, 7) is 0. The van der Waals surface area contributed by atoms with Crippen molar-refractivity contribution in [2.45, 2.75) is 26.5 Å². The normalized spacial score (nSPS) is 21.3. The van der Waals surface area contributed by atoms with Gasteiger partial charge in [0, 0.05) is 0 Å². The summed E-state index contributed by atoms with van der Waals surface area (Å²) in [4.78, 5) is 0. The fourth-order valence-corrected chi connectivity index (χ4v) is 0.995.